The number of aromatic nitrogens is 2. The molecule has 1 aromatic heterocycles. The number of nitrogens with zero attached hydrogens (tertiary/aromatic N) is 4. The number of halogens is 1. The Bertz CT molecular complexity index is 1190. The van der Waals surface area contributed by atoms with E-state index in [9.17, 15) is 4.79 Å². The van der Waals surface area contributed by atoms with Crippen LogP contribution in [0.15, 0.2) is 36.7 Å². The molecule has 0 radical (unpaired) electrons. The number of carbonyl (C=O) groups is 1. The molecule has 2 aromatic carbocycles. The van der Waals surface area contributed by atoms with Gasteiger partial charge >= 0.3 is 6.03 Å². The monoisotopic (exact) mass is 501 g/mol. The standard InChI is InChI=1S/C24H28ClN5O5/c1-29(2)24(31)28-19-5-4-16(12-18(19)25)35-23-17-13-21(32-3)22(14-20(17)26-15-27-23)34-11-8-30-6-9-33-10-7-30/h4-5,12-15H,6-11H2,1-3H3,(H,28,31). The van der Waals surface area contributed by atoms with Gasteiger partial charge in [0.2, 0.25) is 5.88 Å². The fourth-order valence-corrected chi connectivity index (χ4v) is 3.72. The third-order valence-corrected chi connectivity index (χ3v) is 5.77. The fraction of sp³-hybridized carbons (Fsp3) is 0.375. The van der Waals surface area contributed by atoms with Crippen LogP contribution in [0.5, 0.6) is 23.1 Å². The summed E-state index contributed by atoms with van der Waals surface area (Å²) in [5, 5.41) is 3.72. The van der Waals surface area contributed by atoms with Gasteiger partial charge in [-0.15, -0.1) is 0 Å². The molecule has 11 heteroatoms. The van der Waals surface area contributed by atoms with Crippen LogP contribution in [0, 0.1) is 0 Å². The quantitative estimate of drug-likeness (QED) is 0.496. The van der Waals surface area contributed by atoms with Gasteiger partial charge in [-0.25, -0.2) is 14.8 Å². The number of benzene rings is 2. The molecule has 0 atom stereocenters. The lowest BCUT2D eigenvalue weighted by molar-refractivity contribution is 0.0321. The topological polar surface area (TPSA) is 98.3 Å². The Morgan fingerprint density at radius 1 is 1.17 bits per heavy atom. The number of morpholine rings is 1. The molecule has 2 heterocycles. The maximum atomic E-state index is 11.9. The third kappa shape index (κ3) is 6.21. The van der Waals surface area contributed by atoms with E-state index >= 15 is 0 Å². The number of methoxy groups -OCH3 is 1. The lowest BCUT2D eigenvalue weighted by atomic mass is 10.2. The van der Waals surface area contributed by atoms with Crippen LogP contribution in [0.2, 0.25) is 5.02 Å². The van der Waals surface area contributed by atoms with E-state index in [-0.39, 0.29) is 6.03 Å². The summed E-state index contributed by atoms with van der Waals surface area (Å²) in [5.74, 6) is 1.96. The first kappa shape index (κ1) is 24.8. The number of nitrogens with one attached hydrogen (secondary N) is 1. The van der Waals surface area contributed by atoms with Crippen LogP contribution < -0.4 is 19.5 Å². The predicted octanol–water partition coefficient (Wildman–Crippen LogP) is 3.89. The van der Waals surface area contributed by atoms with Gasteiger partial charge in [-0.1, -0.05) is 11.6 Å². The highest BCUT2D eigenvalue weighted by Crippen LogP contribution is 2.37. The van der Waals surface area contributed by atoms with Crippen molar-refractivity contribution in [2.75, 3.05) is 66.0 Å². The molecule has 1 aliphatic rings. The number of carbonyl (C=O) groups excluding carboxylic acids is 1. The molecule has 0 unspecified atom stereocenters. The van der Waals surface area contributed by atoms with E-state index in [2.05, 4.69) is 20.2 Å². The van der Waals surface area contributed by atoms with Gasteiger partial charge < -0.3 is 29.2 Å². The molecule has 186 valence electrons. The second kappa shape index (κ2) is 11.4. The normalized spacial score (nSPS) is 13.9. The Morgan fingerprint density at radius 2 is 1.97 bits per heavy atom. The molecule has 1 saturated heterocycles. The van der Waals surface area contributed by atoms with Gasteiger partial charge in [-0.3, -0.25) is 4.90 Å². The van der Waals surface area contributed by atoms with Gasteiger partial charge in [-0.05, 0) is 18.2 Å². The Labute approximate surface area is 208 Å². The van der Waals surface area contributed by atoms with Crippen molar-refractivity contribution in [3.05, 3.63) is 41.7 Å². The second-order valence-electron chi connectivity index (χ2n) is 8.07. The number of rotatable bonds is 8. The molecule has 1 fully saturated rings. The molecule has 0 spiro atoms. The number of hydrogen-bond acceptors (Lipinski definition) is 8. The number of anilines is 1. The maximum Gasteiger partial charge on any atom is 0.321 e. The van der Waals surface area contributed by atoms with E-state index in [0.29, 0.717) is 51.3 Å². The van der Waals surface area contributed by atoms with Crippen molar-refractivity contribution < 1.29 is 23.7 Å². The molecule has 2 amide bonds. The van der Waals surface area contributed by atoms with Crippen LogP contribution in [-0.2, 0) is 4.74 Å². The largest absolute Gasteiger partial charge is 0.493 e. The zero-order valence-electron chi connectivity index (χ0n) is 19.9. The Hall–Kier alpha value is -3.34. The lowest BCUT2D eigenvalue weighted by Crippen LogP contribution is -2.38. The van der Waals surface area contributed by atoms with Crippen LogP contribution in [0.1, 0.15) is 0 Å². The SMILES string of the molecule is COc1cc2c(Oc3ccc(NC(=O)N(C)C)c(Cl)c3)ncnc2cc1OCCN1CCOCC1. The minimum absolute atomic E-state index is 0.280. The smallest absolute Gasteiger partial charge is 0.321 e. The minimum Gasteiger partial charge on any atom is -0.493 e. The first-order valence-electron chi connectivity index (χ1n) is 11.2. The van der Waals surface area contributed by atoms with Crippen LogP contribution in [0.4, 0.5) is 10.5 Å². The summed E-state index contributed by atoms with van der Waals surface area (Å²) in [5.41, 5.74) is 1.13. The van der Waals surface area contributed by atoms with Crippen LogP contribution in [0.3, 0.4) is 0 Å². The molecule has 1 N–H and O–H groups in total. The van der Waals surface area contributed by atoms with Crippen molar-refractivity contribution >= 4 is 34.2 Å². The molecule has 0 aliphatic carbocycles. The number of urea groups is 1. The zero-order chi connectivity index (χ0) is 24.8. The minimum atomic E-state index is -0.280. The predicted molar refractivity (Wildman–Crippen MR) is 133 cm³/mol. The highest BCUT2D eigenvalue weighted by atomic mass is 35.5. The molecule has 0 bridgehead atoms. The average Bonchev–Trinajstić information content (AvgIpc) is 2.86. The molecule has 4 rings (SSSR count). The molecular formula is C24H28ClN5O5. The van der Waals surface area contributed by atoms with E-state index in [1.54, 1.807) is 45.5 Å². The van der Waals surface area contributed by atoms with Gasteiger partial charge in [0.15, 0.2) is 11.5 Å². The van der Waals surface area contributed by atoms with Crippen LogP contribution in [0.25, 0.3) is 10.9 Å². The van der Waals surface area contributed by atoms with Gasteiger partial charge in [0.25, 0.3) is 0 Å². The van der Waals surface area contributed by atoms with Gasteiger partial charge in [0, 0.05) is 45.9 Å². The van der Waals surface area contributed by atoms with Crippen molar-refractivity contribution in [3.63, 3.8) is 0 Å². The summed E-state index contributed by atoms with van der Waals surface area (Å²) < 4.78 is 23.0. The number of amides is 2. The number of ether oxygens (including phenoxy) is 4. The Kier molecular flexibility index (Phi) is 8.06. The van der Waals surface area contributed by atoms with E-state index in [0.717, 1.165) is 32.8 Å². The van der Waals surface area contributed by atoms with Crippen molar-refractivity contribution in [2.45, 2.75) is 0 Å². The van der Waals surface area contributed by atoms with E-state index in [4.69, 9.17) is 30.5 Å². The molecule has 3 aromatic rings. The summed E-state index contributed by atoms with van der Waals surface area (Å²) in [4.78, 5) is 24.3. The third-order valence-electron chi connectivity index (χ3n) is 5.46. The van der Waals surface area contributed by atoms with Crippen LogP contribution in [-0.4, -0.2) is 86.5 Å². The summed E-state index contributed by atoms with van der Waals surface area (Å²) in [6.45, 7) is 4.62. The van der Waals surface area contributed by atoms with Gasteiger partial charge in [0.05, 0.1) is 41.9 Å². The van der Waals surface area contributed by atoms with E-state index in [1.807, 2.05) is 6.07 Å². The molecule has 0 saturated carbocycles. The zero-order valence-corrected chi connectivity index (χ0v) is 20.7. The van der Waals surface area contributed by atoms with Crippen molar-refractivity contribution in [1.29, 1.82) is 0 Å². The maximum absolute atomic E-state index is 11.9. The molecular weight excluding hydrogens is 474 g/mol. The Morgan fingerprint density at radius 3 is 2.69 bits per heavy atom. The van der Waals surface area contributed by atoms with Gasteiger partial charge in [0.1, 0.15) is 18.7 Å². The van der Waals surface area contributed by atoms with Crippen molar-refractivity contribution in [3.8, 4) is 23.1 Å². The summed E-state index contributed by atoms with van der Waals surface area (Å²) in [6.07, 6.45) is 1.43. The summed E-state index contributed by atoms with van der Waals surface area (Å²) in [6, 6.07) is 8.31. The van der Waals surface area contributed by atoms with E-state index in [1.165, 1.54) is 11.2 Å². The highest BCUT2D eigenvalue weighted by Gasteiger charge is 2.16. The first-order chi connectivity index (χ1) is 16.9. The molecule has 35 heavy (non-hydrogen) atoms. The average molecular weight is 502 g/mol. The first-order valence-corrected chi connectivity index (χ1v) is 11.5. The number of fused-ring (bicyclic) bond motifs is 1. The summed E-state index contributed by atoms with van der Waals surface area (Å²) >= 11 is 6.34. The van der Waals surface area contributed by atoms with Crippen LogP contribution >= 0.6 is 11.6 Å². The summed E-state index contributed by atoms with van der Waals surface area (Å²) in [7, 11) is 4.88. The Balaban J connectivity index is 1.50. The molecule has 10 nitrogen and oxygen atoms in total. The van der Waals surface area contributed by atoms with Crippen molar-refractivity contribution in [2.24, 2.45) is 0 Å². The number of hydrogen-bond donors (Lipinski definition) is 1. The lowest BCUT2D eigenvalue weighted by Gasteiger charge is -2.26. The van der Waals surface area contributed by atoms with E-state index < -0.39 is 0 Å². The molecule has 1 aliphatic heterocycles. The fourth-order valence-electron chi connectivity index (χ4n) is 3.50. The van der Waals surface area contributed by atoms with Gasteiger partial charge in [-0.2, -0.15) is 0 Å². The highest BCUT2D eigenvalue weighted by molar-refractivity contribution is 6.33. The second-order valence-corrected chi connectivity index (χ2v) is 8.48. The van der Waals surface area contributed by atoms with Crippen molar-refractivity contribution in [1.82, 2.24) is 19.8 Å².